The van der Waals surface area contributed by atoms with Gasteiger partial charge in [0, 0.05) is 13.1 Å². The van der Waals surface area contributed by atoms with E-state index in [1.165, 1.54) is 19.6 Å². The number of carbonyl (C=O) groups is 1. The van der Waals surface area contributed by atoms with Crippen molar-refractivity contribution in [2.75, 3.05) is 20.2 Å². The van der Waals surface area contributed by atoms with E-state index in [1.54, 1.807) is 0 Å². The monoisotopic (exact) mass is 201 g/mol. The molecule has 1 atom stereocenters. The van der Waals surface area contributed by atoms with Gasteiger partial charge in [0.25, 0.3) is 0 Å². The van der Waals surface area contributed by atoms with Crippen molar-refractivity contribution in [1.82, 2.24) is 5.32 Å². The molecule has 0 aromatic heterocycles. The average molecular weight is 201 g/mol. The highest BCUT2D eigenvalue weighted by Crippen LogP contribution is 2.03. The van der Waals surface area contributed by atoms with Crippen LogP contribution in [0.1, 0.15) is 20.8 Å². The van der Waals surface area contributed by atoms with Gasteiger partial charge in [0.1, 0.15) is 0 Å². The maximum absolute atomic E-state index is 11.0. The minimum Gasteiger partial charge on any atom is -0.467 e. The van der Waals surface area contributed by atoms with Crippen LogP contribution in [0.5, 0.6) is 0 Å². The number of aliphatic hydroxyl groups is 1. The van der Waals surface area contributed by atoms with E-state index >= 15 is 0 Å². The molecule has 4 heteroatoms. The predicted octanol–water partition coefficient (Wildman–Crippen LogP) is 0.466. The van der Waals surface area contributed by atoms with Crippen molar-refractivity contribution in [1.29, 1.82) is 0 Å². The molecule has 0 radical (unpaired) electrons. The largest absolute Gasteiger partial charge is 0.467 e. The Morgan fingerprint density at radius 1 is 1.57 bits per heavy atom. The molecule has 0 fully saturated rings. The summed E-state index contributed by atoms with van der Waals surface area (Å²) in [5.74, 6) is -0.623. The van der Waals surface area contributed by atoms with Crippen LogP contribution in [0.15, 0.2) is 11.6 Å². The van der Waals surface area contributed by atoms with Crippen molar-refractivity contribution in [3.63, 3.8) is 0 Å². The maximum Gasteiger partial charge on any atom is 0.338 e. The fraction of sp³-hybridized carbons (Fsp3) is 0.700. The Kier molecular flexibility index (Phi) is 5.42. The van der Waals surface area contributed by atoms with Crippen molar-refractivity contribution in [2.24, 2.45) is 0 Å². The maximum atomic E-state index is 11.0. The van der Waals surface area contributed by atoms with Crippen LogP contribution in [0.25, 0.3) is 0 Å². The molecular formula is C10H19NO3. The van der Waals surface area contributed by atoms with Gasteiger partial charge in [0.05, 0.1) is 7.11 Å². The van der Waals surface area contributed by atoms with Crippen LogP contribution < -0.4 is 5.32 Å². The molecule has 0 spiro atoms. The number of esters is 1. The van der Waals surface area contributed by atoms with Crippen molar-refractivity contribution in [3.8, 4) is 0 Å². The van der Waals surface area contributed by atoms with E-state index in [9.17, 15) is 9.90 Å². The van der Waals surface area contributed by atoms with E-state index in [4.69, 9.17) is 0 Å². The summed E-state index contributed by atoms with van der Waals surface area (Å²) in [4.78, 5) is 11.0. The van der Waals surface area contributed by atoms with Gasteiger partial charge in [-0.3, -0.25) is 0 Å². The van der Waals surface area contributed by atoms with E-state index in [2.05, 4.69) is 10.1 Å². The number of hydrogen-bond acceptors (Lipinski definition) is 4. The third-order valence-corrected chi connectivity index (χ3v) is 1.75. The van der Waals surface area contributed by atoms with Gasteiger partial charge < -0.3 is 15.2 Å². The first-order chi connectivity index (χ1) is 6.40. The Morgan fingerprint density at radius 3 is 2.57 bits per heavy atom. The third-order valence-electron chi connectivity index (χ3n) is 1.75. The molecule has 4 nitrogen and oxygen atoms in total. The molecule has 1 unspecified atom stereocenters. The molecule has 0 bridgehead atoms. The summed E-state index contributed by atoms with van der Waals surface area (Å²) in [7, 11) is 1.26. The summed E-state index contributed by atoms with van der Waals surface area (Å²) in [6.07, 6.45) is 1.98. The van der Waals surface area contributed by atoms with Gasteiger partial charge in [0.2, 0.25) is 0 Å². The summed E-state index contributed by atoms with van der Waals surface area (Å²) in [5, 5.41) is 12.5. The number of carbonyl (C=O) groups excluding carboxylic acids is 1. The lowest BCUT2D eigenvalue weighted by Gasteiger charge is -2.20. The van der Waals surface area contributed by atoms with Gasteiger partial charge >= 0.3 is 5.97 Å². The molecule has 0 aliphatic carbocycles. The van der Waals surface area contributed by atoms with E-state index in [1.807, 2.05) is 19.9 Å². The average Bonchev–Trinajstić information content (AvgIpc) is 2.10. The van der Waals surface area contributed by atoms with Crippen molar-refractivity contribution in [3.05, 3.63) is 11.6 Å². The molecule has 0 aromatic carbocycles. The molecule has 82 valence electrons. The van der Waals surface area contributed by atoms with Crippen LogP contribution in [0.3, 0.4) is 0 Å². The lowest BCUT2D eigenvalue weighted by molar-refractivity contribution is -0.159. The van der Waals surface area contributed by atoms with Gasteiger partial charge in [0.15, 0.2) is 5.60 Å². The molecule has 14 heavy (non-hydrogen) atoms. The zero-order chi connectivity index (χ0) is 11.2. The minimum atomic E-state index is -1.45. The van der Waals surface area contributed by atoms with Crippen LogP contribution in [0.4, 0.5) is 0 Å². The Labute approximate surface area is 85.0 Å². The molecule has 0 aliphatic heterocycles. The standard InChI is InChI=1S/C10H19NO3/c1-8(2)5-6-11-7-10(3,13)9(12)14-4/h5,11,13H,6-7H2,1-4H3. The second kappa shape index (κ2) is 5.78. The Hall–Kier alpha value is -0.870. The molecule has 0 saturated heterocycles. The number of nitrogens with one attached hydrogen (secondary N) is 1. The fourth-order valence-electron chi connectivity index (χ4n) is 0.884. The predicted molar refractivity (Wildman–Crippen MR) is 54.9 cm³/mol. The SMILES string of the molecule is COC(=O)C(C)(O)CNCC=C(C)C. The molecule has 0 aliphatic rings. The first kappa shape index (κ1) is 13.1. The summed E-state index contributed by atoms with van der Waals surface area (Å²) in [6, 6.07) is 0. The Balaban J connectivity index is 3.88. The minimum absolute atomic E-state index is 0.184. The van der Waals surface area contributed by atoms with E-state index in [0.717, 1.165) is 0 Å². The Bertz CT molecular complexity index is 217. The topological polar surface area (TPSA) is 58.6 Å². The van der Waals surface area contributed by atoms with E-state index in [0.29, 0.717) is 6.54 Å². The second-order valence-electron chi connectivity index (χ2n) is 3.68. The fourth-order valence-corrected chi connectivity index (χ4v) is 0.884. The van der Waals surface area contributed by atoms with E-state index < -0.39 is 11.6 Å². The molecule has 0 rings (SSSR count). The van der Waals surface area contributed by atoms with Crippen LogP contribution in [0.2, 0.25) is 0 Å². The van der Waals surface area contributed by atoms with Crippen molar-refractivity contribution < 1.29 is 14.6 Å². The normalized spacial score (nSPS) is 14.4. The van der Waals surface area contributed by atoms with Gasteiger partial charge in [-0.05, 0) is 20.8 Å². The number of methoxy groups -OCH3 is 1. The molecule has 0 aromatic rings. The highest BCUT2D eigenvalue weighted by atomic mass is 16.5. The van der Waals surface area contributed by atoms with Crippen molar-refractivity contribution >= 4 is 5.97 Å². The van der Waals surface area contributed by atoms with Gasteiger partial charge in [-0.15, -0.1) is 0 Å². The van der Waals surface area contributed by atoms with Crippen LogP contribution >= 0.6 is 0 Å². The molecule has 0 saturated carbocycles. The molecule has 2 N–H and O–H groups in total. The van der Waals surface area contributed by atoms with Gasteiger partial charge in [-0.1, -0.05) is 11.6 Å². The lowest BCUT2D eigenvalue weighted by atomic mass is 10.1. The molecular weight excluding hydrogens is 182 g/mol. The van der Waals surface area contributed by atoms with Crippen molar-refractivity contribution in [2.45, 2.75) is 26.4 Å². The second-order valence-corrected chi connectivity index (χ2v) is 3.68. The molecule has 0 amide bonds. The number of rotatable bonds is 5. The van der Waals surface area contributed by atoms with Crippen LogP contribution in [-0.2, 0) is 9.53 Å². The summed E-state index contributed by atoms with van der Waals surface area (Å²) in [6.45, 7) is 6.22. The first-order valence-corrected chi connectivity index (χ1v) is 4.55. The molecule has 0 heterocycles. The van der Waals surface area contributed by atoms with E-state index in [-0.39, 0.29) is 6.54 Å². The third kappa shape index (κ3) is 4.99. The van der Waals surface area contributed by atoms with Crippen LogP contribution in [-0.4, -0.2) is 36.9 Å². The highest BCUT2D eigenvalue weighted by Gasteiger charge is 2.30. The number of allylic oxidation sites excluding steroid dienone is 1. The zero-order valence-corrected chi connectivity index (χ0v) is 9.26. The first-order valence-electron chi connectivity index (χ1n) is 4.55. The van der Waals surface area contributed by atoms with Gasteiger partial charge in [-0.25, -0.2) is 4.79 Å². The zero-order valence-electron chi connectivity index (χ0n) is 9.26. The van der Waals surface area contributed by atoms with Crippen LogP contribution in [0, 0.1) is 0 Å². The Morgan fingerprint density at radius 2 is 2.14 bits per heavy atom. The summed E-state index contributed by atoms with van der Waals surface area (Å²) in [5.41, 5.74) is -0.264. The smallest absolute Gasteiger partial charge is 0.338 e. The number of hydrogen-bond donors (Lipinski definition) is 2. The summed E-state index contributed by atoms with van der Waals surface area (Å²) < 4.78 is 4.45. The summed E-state index contributed by atoms with van der Waals surface area (Å²) >= 11 is 0. The lowest BCUT2D eigenvalue weighted by Crippen LogP contribution is -2.45. The number of ether oxygens (including phenoxy) is 1. The quantitative estimate of drug-likeness (QED) is 0.385. The highest BCUT2D eigenvalue weighted by molar-refractivity contribution is 5.78. The van der Waals surface area contributed by atoms with Gasteiger partial charge in [-0.2, -0.15) is 0 Å².